The molecule has 128 valence electrons. The largest absolute Gasteiger partial charge is 0.492 e. The predicted molar refractivity (Wildman–Crippen MR) is 88.7 cm³/mol. The quantitative estimate of drug-likeness (QED) is 0.780. The minimum Gasteiger partial charge on any atom is -0.492 e. The molecule has 0 unspecified atom stereocenters. The first kappa shape index (κ1) is 17.7. The molecule has 0 radical (unpaired) electrons. The Kier molecular flexibility index (Phi) is 6.01. The maximum Gasteiger partial charge on any atom is 0.226 e. The Morgan fingerprint density at radius 1 is 1.35 bits per heavy atom. The molecule has 23 heavy (non-hydrogen) atoms. The number of hydrogen-bond acceptors (Lipinski definition) is 4. The van der Waals surface area contributed by atoms with Crippen molar-refractivity contribution in [3.05, 3.63) is 30.3 Å². The fourth-order valence-electron chi connectivity index (χ4n) is 2.68. The average Bonchev–Trinajstić information content (AvgIpc) is 2.54. The molecule has 1 fully saturated rings. The van der Waals surface area contributed by atoms with Crippen molar-refractivity contribution < 1.29 is 17.9 Å². The van der Waals surface area contributed by atoms with Crippen molar-refractivity contribution in [2.45, 2.75) is 12.8 Å². The number of nitrogens with zero attached hydrogens (tertiary/aromatic N) is 2. The van der Waals surface area contributed by atoms with E-state index < -0.39 is 10.0 Å². The van der Waals surface area contributed by atoms with Gasteiger partial charge in [0.05, 0.1) is 18.7 Å². The molecule has 0 aromatic heterocycles. The third kappa shape index (κ3) is 5.21. The van der Waals surface area contributed by atoms with Gasteiger partial charge in [0.15, 0.2) is 0 Å². The van der Waals surface area contributed by atoms with E-state index in [4.69, 9.17) is 4.74 Å². The number of piperidine rings is 1. The molecule has 1 aromatic carbocycles. The first-order valence-electron chi connectivity index (χ1n) is 7.76. The Labute approximate surface area is 138 Å². The fraction of sp³-hybridized carbons (Fsp3) is 0.562. The maximum absolute atomic E-state index is 12.5. The lowest BCUT2D eigenvalue weighted by molar-refractivity contribution is -0.135. The van der Waals surface area contributed by atoms with Gasteiger partial charge in [-0.25, -0.2) is 12.7 Å². The van der Waals surface area contributed by atoms with Gasteiger partial charge < -0.3 is 9.64 Å². The molecule has 0 N–H and O–H groups in total. The first-order valence-corrected chi connectivity index (χ1v) is 9.60. The number of ether oxygens (including phenoxy) is 1. The van der Waals surface area contributed by atoms with Crippen molar-refractivity contribution in [2.75, 3.05) is 39.5 Å². The summed E-state index contributed by atoms with van der Waals surface area (Å²) in [5.74, 6) is 0.490. The number of carbonyl (C=O) groups excluding carboxylic acids is 1. The summed E-state index contributed by atoms with van der Waals surface area (Å²) in [4.78, 5) is 14.1. The first-order chi connectivity index (χ1) is 10.9. The summed E-state index contributed by atoms with van der Waals surface area (Å²) in [6, 6.07) is 9.44. The molecule has 0 spiro atoms. The molecule has 1 saturated heterocycles. The number of carbonyl (C=O) groups is 1. The molecule has 1 aliphatic rings. The Balaban J connectivity index is 1.82. The Bertz CT molecular complexity index is 618. The van der Waals surface area contributed by atoms with Crippen LogP contribution in [0.15, 0.2) is 30.3 Å². The van der Waals surface area contributed by atoms with Crippen LogP contribution in [0.2, 0.25) is 0 Å². The van der Waals surface area contributed by atoms with Crippen molar-refractivity contribution >= 4 is 15.9 Å². The van der Waals surface area contributed by atoms with Crippen LogP contribution >= 0.6 is 0 Å². The van der Waals surface area contributed by atoms with Crippen molar-refractivity contribution in [3.8, 4) is 5.75 Å². The lowest BCUT2D eigenvalue weighted by Crippen LogP contribution is -2.46. The minimum absolute atomic E-state index is 0.0185. The number of para-hydroxylation sites is 1. The Morgan fingerprint density at radius 3 is 2.70 bits per heavy atom. The van der Waals surface area contributed by atoms with Crippen molar-refractivity contribution in [1.29, 1.82) is 0 Å². The normalized spacial score (nSPS) is 19.3. The molecule has 1 aromatic rings. The van der Waals surface area contributed by atoms with Crippen molar-refractivity contribution in [1.82, 2.24) is 9.21 Å². The van der Waals surface area contributed by atoms with E-state index in [1.165, 1.54) is 10.6 Å². The molecular weight excluding hydrogens is 316 g/mol. The summed E-state index contributed by atoms with van der Waals surface area (Å²) in [6.07, 6.45) is 2.64. The van der Waals surface area contributed by atoms with Gasteiger partial charge in [-0.2, -0.15) is 0 Å². The molecule has 0 bridgehead atoms. The van der Waals surface area contributed by atoms with Crippen molar-refractivity contribution in [2.24, 2.45) is 5.92 Å². The van der Waals surface area contributed by atoms with Crippen LogP contribution in [-0.4, -0.2) is 63.1 Å². The van der Waals surface area contributed by atoms with Crippen LogP contribution in [-0.2, 0) is 14.8 Å². The summed E-state index contributed by atoms with van der Waals surface area (Å²) < 4.78 is 30.3. The highest BCUT2D eigenvalue weighted by atomic mass is 32.2. The lowest BCUT2D eigenvalue weighted by Gasteiger charge is -2.32. The number of sulfonamides is 1. The summed E-state index contributed by atoms with van der Waals surface area (Å²) in [5, 5.41) is 0. The van der Waals surface area contributed by atoms with Gasteiger partial charge >= 0.3 is 0 Å². The molecule has 1 atom stereocenters. The SMILES string of the molecule is CN(CCOc1ccccc1)C(=O)[C@@H]1CCCN(S(C)(=O)=O)C1. The third-order valence-electron chi connectivity index (χ3n) is 4.02. The van der Waals surface area contributed by atoms with Gasteiger partial charge in [-0.1, -0.05) is 18.2 Å². The second-order valence-electron chi connectivity index (χ2n) is 5.88. The molecule has 0 saturated carbocycles. The van der Waals surface area contributed by atoms with Gasteiger partial charge in [0.25, 0.3) is 0 Å². The van der Waals surface area contributed by atoms with E-state index >= 15 is 0 Å². The summed E-state index contributed by atoms with van der Waals surface area (Å²) in [6.45, 7) is 1.67. The van der Waals surface area contributed by atoms with Crippen LogP contribution < -0.4 is 4.74 Å². The van der Waals surface area contributed by atoms with E-state index in [-0.39, 0.29) is 18.4 Å². The van der Waals surface area contributed by atoms with Gasteiger partial charge in [-0.05, 0) is 25.0 Å². The smallest absolute Gasteiger partial charge is 0.226 e. The Hall–Kier alpha value is -1.60. The van der Waals surface area contributed by atoms with Crippen LogP contribution in [0.5, 0.6) is 5.75 Å². The van der Waals surface area contributed by atoms with E-state index in [1.807, 2.05) is 30.3 Å². The summed E-state index contributed by atoms with van der Waals surface area (Å²) in [5.41, 5.74) is 0. The summed E-state index contributed by atoms with van der Waals surface area (Å²) >= 11 is 0. The van der Waals surface area contributed by atoms with Crippen LogP contribution in [0.1, 0.15) is 12.8 Å². The minimum atomic E-state index is -3.23. The van der Waals surface area contributed by atoms with Gasteiger partial charge in [-0.15, -0.1) is 0 Å². The van der Waals surface area contributed by atoms with Crippen LogP contribution in [0, 0.1) is 5.92 Å². The highest BCUT2D eigenvalue weighted by molar-refractivity contribution is 7.88. The molecule has 2 rings (SSSR count). The zero-order valence-electron chi connectivity index (χ0n) is 13.6. The van der Waals surface area contributed by atoms with Crippen LogP contribution in [0.3, 0.4) is 0 Å². The molecule has 1 amide bonds. The van der Waals surface area contributed by atoms with Gasteiger partial charge in [0.1, 0.15) is 12.4 Å². The molecule has 7 heteroatoms. The van der Waals surface area contributed by atoms with E-state index in [2.05, 4.69) is 0 Å². The highest BCUT2D eigenvalue weighted by Crippen LogP contribution is 2.20. The third-order valence-corrected chi connectivity index (χ3v) is 5.29. The number of hydrogen-bond donors (Lipinski definition) is 0. The number of amides is 1. The zero-order valence-corrected chi connectivity index (χ0v) is 14.5. The van der Waals surface area contributed by atoms with Crippen LogP contribution in [0.4, 0.5) is 0 Å². The second-order valence-corrected chi connectivity index (χ2v) is 7.86. The molecule has 0 aliphatic carbocycles. The number of likely N-dealkylation sites (N-methyl/N-ethyl adjacent to an activating group) is 1. The van der Waals surface area contributed by atoms with Crippen LogP contribution in [0.25, 0.3) is 0 Å². The molecule has 1 heterocycles. The topological polar surface area (TPSA) is 66.9 Å². The predicted octanol–water partition coefficient (Wildman–Crippen LogP) is 1.20. The monoisotopic (exact) mass is 340 g/mol. The van der Waals surface area contributed by atoms with E-state index in [9.17, 15) is 13.2 Å². The molecule has 1 aliphatic heterocycles. The zero-order chi connectivity index (χ0) is 16.9. The molecular formula is C16H24N2O4S. The highest BCUT2D eigenvalue weighted by Gasteiger charge is 2.31. The fourth-order valence-corrected chi connectivity index (χ4v) is 3.60. The maximum atomic E-state index is 12.5. The van der Waals surface area contributed by atoms with E-state index in [1.54, 1.807) is 11.9 Å². The number of rotatable bonds is 6. The van der Waals surface area contributed by atoms with Gasteiger partial charge in [0.2, 0.25) is 15.9 Å². The van der Waals surface area contributed by atoms with E-state index in [0.29, 0.717) is 19.7 Å². The number of benzene rings is 1. The van der Waals surface area contributed by atoms with Gasteiger partial charge in [0, 0.05) is 20.1 Å². The molecule has 6 nitrogen and oxygen atoms in total. The standard InChI is InChI=1S/C16H24N2O4S/c1-17(11-12-22-15-8-4-3-5-9-15)16(19)14-7-6-10-18(13-14)23(2,20)21/h3-5,8-9,14H,6-7,10-13H2,1-2H3/t14-/m1/s1. The average molecular weight is 340 g/mol. The summed E-state index contributed by atoms with van der Waals surface area (Å²) in [7, 11) is -1.50. The van der Waals surface area contributed by atoms with E-state index in [0.717, 1.165) is 18.6 Å². The second kappa shape index (κ2) is 7.79. The van der Waals surface area contributed by atoms with Gasteiger partial charge in [-0.3, -0.25) is 4.79 Å². The Morgan fingerprint density at radius 2 is 2.04 bits per heavy atom. The van der Waals surface area contributed by atoms with Crippen molar-refractivity contribution in [3.63, 3.8) is 0 Å². The lowest BCUT2D eigenvalue weighted by atomic mass is 9.98.